The van der Waals surface area contributed by atoms with Crippen molar-refractivity contribution in [2.24, 2.45) is 5.92 Å². The second kappa shape index (κ2) is 7.95. The number of benzene rings is 1. The molecule has 0 aliphatic rings. The van der Waals surface area contributed by atoms with Crippen LogP contribution in [-0.4, -0.2) is 37.0 Å². The molecule has 0 atom stereocenters. The van der Waals surface area contributed by atoms with Gasteiger partial charge in [-0.05, 0) is 32.9 Å². The first-order valence-corrected chi connectivity index (χ1v) is 7.89. The maximum Gasteiger partial charge on any atom is 0.408 e. The monoisotopic (exact) mass is 334 g/mol. The normalized spacial score (nSPS) is 11.1. The first-order valence-electron chi connectivity index (χ1n) is 7.89. The average molecular weight is 334 g/mol. The molecular formula is C18H26N2O4. The number of likely N-dealkylation sites (N-methyl/N-ethyl adjacent to an activating group) is 1. The van der Waals surface area contributed by atoms with Gasteiger partial charge in [-0.2, -0.15) is 0 Å². The molecule has 1 N–H and O–H groups in total. The predicted octanol–water partition coefficient (Wildman–Crippen LogP) is 3.01. The Hall–Kier alpha value is -2.37. The van der Waals surface area contributed by atoms with Gasteiger partial charge in [0.15, 0.2) is 5.78 Å². The number of nitrogens with zero attached hydrogens (tertiary/aromatic N) is 1. The fraction of sp³-hybridized carbons (Fsp3) is 0.500. The van der Waals surface area contributed by atoms with Gasteiger partial charge < -0.3 is 15.0 Å². The maximum atomic E-state index is 12.3. The largest absolute Gasteiger partial charge is 0.444 e. The molecule has 0 unspecified atom stereocenters. The number of carbonyl (C=O) groups excluding carboxylic acids is 3. The summed E-state index contributed by atoms with van der Waals surface area (Å²) in [6.07, 6.45) is -0.657. The first kappa shape index (κ1) is 19.7. The lowest BCUT2D eigenvalue weighted by molar-refractivity contribution is -0.117. The van der Waals surface area contributed by atoms with Crippen molar-refractivity contribution in [3.8, 4) is 0 Å². The van der Waals surface area contributed by atoms with Crippen LogP contribution < -0.4 is 10.2 Å². The summed E-state index contributed by atoms with van der Waals surface area (Å²) < 4.78 is 5.09. The van der Waals surface area contributed by atoms with Crippen molar-refractivity contribution < 1.29 is 19.1 Å². The van der Waals surface area contributed by atoms with Crippen LogP contribution >= 0.6 is 0 Å². The van der Waals surface area contributed by atoms with Crippen molar-refractivity contribution in [2.45, 2.75) is 40.2 Å². The highest BCUT2D eigenvalue weighted by Gasteiger charge is 2.21. The number of ether oxygens (including phenoxy) is 1. The van der Waals surface area contributed by atoms with Crippen LogP contribution in [0.25, 0.3) is 0 Å². The lowest BCUT2D eigenvalue weighted by atomic mass is 9.99. The van der Waals surface area contributed by atoms with Crippen molar-refractivity contribution in [3.63, 3.8) is 0 Å². The predicted molar refractivity (Wildman–Crippen MR) is 93.3 cm³/mol. The molecule has 0 bridgehead atoms. The molecule has 0 aliphatic heterocycles. The second-order valence-corrected chi connectivity index (χ2v) is 6.84. The molecule has 1 rings (SSSR count). The van der Waals surface area contributed by atoms with Gasteiger partial charge in [-0.1, -0.05) is 26.0 Å². The molecule has 1 aromatic rings. The molecule has 132 valence electrons. The fourth-order valence-electron chi connectivity index (χ4n) is 2.00. The van der Waals surface area contributed by atoms with Crippen LogP contribution in [-0.2, 0) is 9.53 Å². The summed E-state index contributed by atoms with van der Waals surface area (Å²) in [5.41, 5.74) is 0.378. The van der Waals surface area contributed by atoms with Crippen LogP contribution in [0.4, 0.5) is 10.5 Å². The van der Waals surface area contributed by atoms with Gasteiger partial charge in [0.1, 0.15) is 12.1 Å². The van der Waals surface area contributed by atoms with Gasteiger partial charge >= 0.3 is 6.09 Å². The van der Waals surface area contributed by atoms with E-state index in [4.69, 9.17) is 4.74 Å². The van der Waals surface area contributed by atoms with Crippen LogP contribution in [0.5, 0.6) is 0 Å². The number of para-hydroxylation sites is 1. The SMILES string of the molecule is CC(C)C(=O)c1ccccc1N(C)C(=O)CNC(=O)OC(C)(C)C. The first-order chi connectivity index (χ1) is 11.0. The quantitative estimate of drug-likeness (QED) is 0.840. The van der Waals surface area contributed by atoms with Gasteiger partial charge in [-0.25, -0.2) is 4.79 Å². The van der Waals surface area contributed by atoms with Gasteiger partial charge in [-0.3, -0.25) is 9.59 Å². The van der Waals surface area contributed by atoms with Crippen LogP contribution in [0, 0.1) is 5.92 Å². The Bertz CT molecular complexity index is 618. The molecule has 0 spiro atoms. The lowest BCUT2D eigenvalue weighted by Gasteiger charge is -2.22. The highest BCUT2D eigenvalue weighted by Crippen LogP contribution is 2.22. The van der Waals surface area contributed by atoms with Gasteiger partial charge in [0.2, 0.25) is 5.91 Å². The Morgan fingerprint density at radius 1 is 1.17 bits per heavy atom. The molecule has 2 amide bonds. The minimum absolute atomic E-state index is 0.0367. The summed E-state index contributed by atoms with van der Waals surface area (Å²) >= 11 is 0. The van der Waals surface area contributed by atoms with E-state index < -0.39 is 11.7 Å². The van der Waals surface area contributed by atoms with Crippen LogP contribution in [0.2, 0.25) is 0 Å². The highest BCUT2D eigenvalue weighted by atomic mass is 16.6. The molecule has 1 aromatic carbocycles. The van der Waals surface area contributed by atoms with E-state index in [0.29, 0.717) is 11.3 Å². The van der Waals surface area contributed by atoms with Crippen molar-refractivity contribution >= 4 is 23.5 Å². The van der Waals surface area contributed by atoms with Crippen LogP contribution in [0.3, 0.4) is 0 Å². The Morgan fingerprint density at radius 2 is 1.75 bits per heavy atom. The smallest absolute Gasteiger partial charge is 0.408 e. The molecule has 0 heterocycles. The fourth-order valence-corrected chi connectivity index (χ4v) is 2.00. The minimum atomic E-state index is -0.657. The minimum Gasteiger partial charge on any atom is -0.444 e. The molecule has 6 nitrogen and oxygen atoms in total. The molecule has 6 heteroatoms. The van der Waals surface area contributed by atoms with E-state index >= 15 is 0 Å². The number of amides is 2. The van der Waals surface area contributed by atoms with Crippen molar-refractivity contribution in [1.82, 2.24) is 5.32 Å². The second-order valence-electron chi connectivity index (χ2n) is 6.84. The summed E-state index contributed by atoms with van der Waals surface area (Å²) in [5.74, 6) is -0.551. The van der Waals surface area contributed by atoms with E-state index in [2.05, 4.69) is 5.32 Å². The molecule has 0 saturated carbocycles. The molecule has 0 fully saturated rings. The number of nitrogens with one attached hydrogen (secondary N) is 1. The number of carbonyl (C=O) groups is 3. The zero-order chi connectivity index (χ0) is 18.5. The third-order valence-corrected chi connectivity index (χ3v) is 3.21. The summed E-state index contributed by atoms with van der Waals surface area (Å²) in [6, 6.07) is 6.93. The van der Waals surface area contributed by atoms with Gasteiger partial charge in [0.05, 0.1) is 5.69 Å². The lowest BCUT2D eigenvalue weighted by Crippen LogP contribution is -2.41. The van der Waals surface area contributed by atoms with Crippen LogP contribution in [0.15, 0.2) is 24.3 Å². The number of ketones is 1. The topological polar surface area (TPSA) is 75.7 Å². The summed E-state index contributed by atoms with van der Waals surface area (Å²) in [4.78, 5) is 37.6. The van der Waals surface area contributed by atoms with Crippen molar-refractivity contribution in [3.05, 3.63) is 29.8 Å². The number of Topliss-reactive ketones (excluding diaryl/α,β-unsaturated/α-hetero) is 1. The number of hydrogen-bond donors (Lipinski definition) is 1. The molecule has 0 aliphatic carbocycles. The molecule has 24 heavy (non-hydrogen) atoms. The zero-order valence-electron chi connectivity index (χ0n) is 15.2. The molecule has 0 radical (unpaired) electrons. The Labute approximate surface area is 143 Å². The third kappa shape index (κ3) is 5.68. The van der Waals surface area contributed by atoms with E-state index in [-0.39, 0.29) is 24.2 Å². The Morgan fingerprint density at radius 3 is 2.29 bits per heavy atom. The number of hydrogen-bond acceptors (Lipinski definition) is 4. The van der Waals surface area contributed by atoms with Gasteiger partial charge in [0, 0.05) is 18.5 Å². The summed E-state index contributed by atoms with van der Waals surface area (Å²) in [5, 5.41) is 2.42. The average Bonchev–Trinajstić information content (AvgIpc) is 2.49. The van der Waals surface area contributed by atoms with E-state index in [9.17, 15) is 14.4 Å². The Kier molecular flexibility index (Phi) is 6.51. The summed E-state index contributed by atoms with van der Waals surface area (Å²) in [6.45, 7) is 8.64. The highest BCUT2D eigenvalue weighted by molar-refractivity contribution is 6.06. The summed E-state index contributed by atoms with van der Waals surface area (Å²) in [7, 11) is 1.57. The number of alkyl carbamates (subject to hydrolysis) is 1. The third-order valence-electron chi connectivity index (χ3n) is 3.21. The maximum absolute atomic E-state index is 12.3. The zero-order valence-corrected chi connectivity index (χ0v) is 15.2. The number of rotatable bonds is 5. The van der Waals surface area contributed by atoms with E-state index in [1.54, 1.807) is 52.1 Å². The molecular weight excluding hydrogens is 308 g/mol. The van der Waals surface area contributed by atoms with E-state index in [0.717, 1.165) is 0 Å². The van der Waals surface area contributed by atoms with E-state index in [1.165, 1.54) is 4.90 Å². The number of anilines is 1. The van der Waals surface area contributed by atoms with Gasteiger partial charge in [-0.15, -0.1) is 0 Å². The standard InChI is InChI=1S/C18H26N2O4/c1-12(2)16(22)13-9-7-8-10-14(13)20(6)15(21)11-19-17(23)24-18(3,4)5/h7-10,12H,11H2,1-6H3,(H,19,23). The Balaban J connectivity index is 2.80. The molecule has 0 aromatic heterocycles. The van der Waals surface area contributed by atoms with Gasteiger partial charge in [0.25, 0.3) is 0 Å². The van der Waals surface area contributed by atoms with Crippen molar-refractivity contribution in [2.75, 3.05) is 18.5 Å². The van der Waals surface area contributed by atoms with E-state index in [1.807, 2.05) is 13.8 Å². The van der Waals surface area contributed by atoms with Crippen molar-refractivity contribution in [1.29, 1.82) is 0 Å². The van der Waals surface area contributed by atoms with Crippen LogP contribution in [0.1, 0.15) is 45.0 Å². The molecule has 0 saturated heterocycles.